The molecule has 3 fully saturated rings. The second kappa shape index (κ2) is 10.6. The predicted octanol–water partition coefficient (Wildman–Crippen LogP) is 2.69. The molecular formula is C25H37N3O3. The number of nitrogens with one attached hydrogen (secondary N) is 1. The molecule has 1 saturated carbocycles. The van der Waals surface area contributed by atoms with Gasteiger partial charge in [0.05, 0.1) is 6.61 Å². The standard InChI is InChI=1S/C25H37N3O3/c29-18-21-10-7-15-28(21)17-20-9-2-1-8-19(20)16-26-24(30)22-11-3-4-12-23(22)25(31)27-13-5-6-14-27/h1-2,8-9,21-23,29H,3-7,10-18H2,(H,26,30)/t21-,22-,23-/m1/s1. The molecule has 3 aliphatic rings. The summed E-state index contributed by atoms with van der Waals surface area (Å²) in [5.41, 5.74) is 2.33. The highest BCUT2D eigenvalue weighted by molar-refractivity contribution is 5.88. The van der Waals surface area contributed by atoms with Crippen LogP contribution in [0, 0.1) is 11.8 Å². The summed E-state index contributed by atoms with van der Waals surface area (Å²) in [6.45, 7) is 4.20. The number of likely N-dealkylation sites (tertiary alicyclic amines) is 2. The molecule has 0 aromatic heterocycles. The molecule has 0 bridgehead atoms. The lowest BCUT2D eigenvalue weighted by Gasteiger charge is -2.32. The average molecular weight is 428 g/mol. The van der Waals surface area contributed by atoms with Crippen molar-refractivity contribution in [2.75, 3.05) is 26.2 Å². The van der Waals surface area contributed by atoms with E-state index in [9.17, 15) is 14.7 Å². The molecule has 2 amide bonds. The number of hydrogen-bond acceptors (Lipinski definition) is 4. The number of hydrogen-bond donors (Lipinski definition) is 2. The van der Waals surface area contributed by atoms with Crippen molar-refractivity contribution in [3.05, 3.63) is 35.4 Å². The van der Waals surface area contributed by atoms with Gasteiger partial charge in [0.1, 0.15) is 0 Å². The van der Waals surface area contributed by atoms with Crippen LogP contribution in [-0.4, -0.2) is 59.0 Å². The molecule has 2 heterocycles. The lowest BCUT2D eigenvalue weighted by Crippen LogP contribution is -2.44. The quantitative estimate of drug-likeness (QED) is 0.702. The van der Waals surface area contributed by atoms with E-state index >= 15 is 0 Å². The van der Waals surface area contributed by atoms with Gasteiger partial charge in [0, 0.05) is 44.1 Å². The first-order valence-electron chi connectivity index (χ1n) is 12.2. The first-order chi connectivity index (χ1) is 15.2. The summed E-state index contributed by atoms with van der Waals surface area (Å²) in [5, 5.41) is 12.8. The molecule has 1 aliphatic carbocycles. The number of aliphatic hydroxyl groups excluding tert-OH is 1. The highest BCUT2D eigenvalue weighted by Crippen LogP contribution is 2.33. The van der Waals surface area contributed by atoms with Crippen LogP contribution in [0.25, 0.3) is 0 Å². The Kier molecular flexibility index (Phi) is 7.62. The zero-order valence-corrected chi connectivity index (χ0v) is 18.6. The van der Waals surface area contributed by atoms with Crippen molar-refractivity contribution in [1.29, 1.82) is 0 Å². The minimum Gasteiger partial charge on any atom is -0.395 e. The molecule has 6 nitrogen and oxygen atoms in total. The van der Waals surface area contributed by atoms with E-state index in [0.717, 1.165) is 83.1 Å². The molecule has 6 heteroatoms. The molecule has 2 aliphatic heterocycles. The number of aliphatic hydroxyl groups is 1. The van der Waals surface area contributed by atoms with E-state index in [4.69, 9.17) is 0 Å². The summed E-state index contributed by atoms with van der Waals surface area (Å²) in [5.74, 6) is -0.133. The zero-order chi connectivity index (χ0) is 21.6. The summed E-state index contributed by atoms with van der Waals surface area (Å²) in [4.78, 5) is 30.5. The van der Waals surface area contributed by atoms with Crippen LogP contribution in [0.2, 0.25) is 0 Å². The summed E-state index contributed by atoms with van der Waals surface area (Å²) in [6.07, 6.45) is 8.04. The van der Waals surface area contributed by atoms with E-state index in [0.29, 0.717) is 6.54 Å². The summed E-state index contributed by atoms with van der Waals surface area (Å²) >= 11 is 0. The van der Waals surface area contributed by atoms with Crippen molar-refractivity contribution in [3.8, 4) is 0 Å². The van der Waals surface area contributed by atoms with Gasteiger partial charge in [-0.25, -0.2) is 0 Å². The van der Waals surface area contributed by atoms with Crippen LogP contribution in [0.15, 0.2) is 24.3 Å². The molecule has 31 heavy (non-hydrogen) atoms. The Bertz CT molecular complexity index is 762. The minimum absolute atomic E-state index is 0.0291. The van der Waals surface area contributed by atoms with E-state index in [-0.39, 0.29) is 36.3 Å². The monoisotopic (exact) mass is 427 g/mol. The van der Waals surface area contributed by atoms with E-state index in [1.54, 1.807) is 0 Å². The Morgan fingerprint density at radius 2 is 1.61 bits per heavy atom. The van der Waals surface area contributed by atoms with Crippen LogP contribution in [0.3, 0.4) is 0 Å². The first kappa shape index (κ1) is 22.3. The lowest BCUT2D eigenvalue weighted by molar-refractivity contribution is -0.142. The smallest absolute Gasteiger partial charge is 0.226 e. The van der Waals surface area contributed by atoms with Crippen molar-refractivity contribution >= 4 is 11.8 Å². The van der Waals surface area contributed by atoms with Gasteiger partial charge in [-0.3, -0.25) is 14.5 Å². The van der Waals surface area contributed by atoms with Gasteiger partial charge in [-0.2, -0.15) is 0 Å². The van der Waals surface area contributed by atoms with E-state index in [1.807, 2.05) is 17.0 Å². The number of benzene rings is 1. The molecular weight excluding hydrogens is 390 g/mol. The molecule has 0 unspecified atom stereocenters. The van der Waals surface area contributed by atoms with E-state index in [2.05, 4.69) is 22.3 Å². The summed E-state index contributed by atoms with van der Waals surface area (Å²) in [7, 11) is 0. The molecule has 1 aromatic carbocycles. The highest BCUT2D eigenvalue weighted by atomic mass is 16.3. The van der Waals surface area contributed by atoms with Crippen LogP contribution in [0.4, 0.5) is 0 Å². The van der Waals surface area contributed by atoms with E-state index in [1.165, 1.54) is 5.56 Å². The van der Waals surface area contributed by atoms with Crippen LogP contribution in [0.1, 0.15) is 62.5 Å². The largest absolute Gasteiger partial charge is 0.395 e. The highest BCUT2D eigenvalue weighted by Gasteiger charge is 2.38. The van der Waals surface area contributed by atoms with Crippen LogP contribution in [0.5, 0.6) is 0 Å². The molecule has 1 aromatic rings. The fourth-order valence-electron chi connectivity index (χ4n) is 5.64. The predicted molar refractivity (Wildman–Crippen MR) is 120 cm³/mol. The summed E-state index contributed by atoms with van der Waals surface area (Å²) in [6, 6.07) is 8.49. The molecule has 2 saturated heterocycles. The molecule has 170 valence electrons. The van der Waals surface area contributed by atoms with Gasteiger partial charge in [0.2, 0.25) is 11.8 Å². The van der Waals surface area contributed by atoms with Gasteiger partial charge in [-0.05, 0) is 56.2 Å². The Balaban J connectivity index is 1.38. The van der Waals surface area contributed by atoms with Gasteiger partial charge in [0.25, 0.3) is 0 Å². The van der Waals surface area contributed by atoms with Gasteiger partial charge in [0.15, 0.2) is 0 Å². The Morgan fingerprint density at radius 3 is 2.35 bits per heavy atom. The third-order valence-electron chi connectivity index (χ3n) is 7.49. The maximum atomic E-state index is 13.1. The molecule has 2 N–H and O–H groups in total. The van der Waals surface area contributed by atoms with Crippen molar-refractivity contribution in [1.82, 2.24) is 15.1 Å². The SMILES string of the molecule is O=C(NCc1ccccc1CN1CCC[C@@H]1CO)[C@@H]1CCCC[C@H]1C(=O)N1CCCC1. The first-order valence-corrected chi connectivity index (χ1v) is 12.2. The van der Waals surface area contributed by atoms with Gasteiger partial charge >= 0.3 is 0 Å². The van der Waals surface area contributed by atoms with Crippen LogP contribution >= 0.6 is 0 Å². The lowest BCUT2D eigenvalue weighted by atomic mass is 9.77. The maximum absolute atomic E-state index is 13.1. The molecule has 0 spiro atoms. The Hall–Kier alpha value is -1.92. The number of nitrogens with zero attached hydrogens (tertiary/aromatic N) is 2. The third-order valence-corrected chi connectivity index (χ3v) is 7.49. The van der Waals surface area contributed by atoms with Gasteiger partial charge in [-0.15, -0.1) is 0 Å². The van der Waals surface area contributed by atoms with Gasteiger partial charge in [-0.1, -0.05) is 37.1 Å². The number of amides is 2. The zero-order valence-electron chi connectivity index (χ0n) is 18.6. The fourth-order valence-corrected chi connectivity index (χ4v) is 5.64. The molecule has 0 radical (unpaired) electrons. The topological polar surface area (TPSA) is 72.9 Å². The van der Waals surface area contributed by atoms with Crippen molar-refractivity contribution in [2.45, 2.75) is 70.5 Å². The normalized spacial score (nSPS) is 26.9. The average Bonchev–Trinajstić information content (AvgIpc) is 3.50. The summed E-state index contributed by atoms with van der Waals surface area (Å²) < 4.78 is 0. The Morgan fingerprint density at radius 1 is 0.903 bits per heavy atom. The Labute approximate surface area is 186 Å². The number of carbonyl (C=O) groups excluding carboxylic acids is 2. The van der Waals surface area contributed by atoms with Gasteiger partial charge < -0.3 is 15.3 Å². The number of carbonyl (C=O) groups is 2. The second-order valence-corrected chi connectivity index (χ2v) is 9.47. The van der Waals surface area contributed by atoms with Crippen LogP contribution < -0.4 is 5.32 Å². The fraction of sp³-hybridized carbons (Fsp3) is 0.680. The second-order valence-electron chi connectivity index (χ2n) is 9.47. The van der Waals surface area contributed by atoms with Crippen molar-refractivity contribution < 1.29 is 14.7 Å². The third kappa shape index (κ3) is 5.29. The number of rotatable bonds is 7. The maximum Gasteiger partial charge on any atom is 0.226 e. The van der Waals surface area contributed by atoms with Crippen molar-refractivity contribution in [2.24, 2.45) is 11.8 Å². The van der Waals surface area contributed by atoms with Crippen LogP contribution in [-0.2, 0) is 22.7 Å². The molecule has 4 rings (SSSR count). The molecule has 3 atom stereocenters. The minimum atomic E-state index is -0.202. The van der Waals surface area contributed by atoms with Crippen molar-refractivity contribution in [3.63, 3.8) is 0 Å². The van der Waals surface area contributed by atoms with E-state index < -0.39 is 0 Å².